The fraction of sp³-hybridized carbons (Fsp3) is 0.900. The molecule has 11 atom stereocenters. The molecule has 3 aliphatic heterocycles. The topological polar surface area (TPSA) is 23.5 Å². The minimum absolute atomic E-state index is 0.172. The fourth-order valence-electron chi connectivity index (χ4n) is 10.4. The molecule has 3 heterocycles. The van der Waals surface area contributed by atoms with E-state index in [4.69, 9.17) is 0 Å². The van der Waals surface area contributed by atoms with Gasteiger partial charge in [-0.1, -0.05) is 19.9 Å². The summed E-state index contributed by atoms with van der Waals surface area (Å²) in [5.41, 5.74) is 2.65. The second kappa shape index (κ2) is 2.99. The molecule has 2 unspecified atom stereocenters. The average molecular weight is 297 g/mol. The van der Waals surface area contributed by atoms with Crippen molar-refractivity contribution >= 4 is 0 Å². The number of aliphatic hydroxyl groups excluding tert-OH is 1. The molecule has 9 fully saturated rings. The van der Waals surface area contributed by atoms with Crippen LogP contribution in [0.5, 0.6) is 0 Å². The molecule has 0 amide bonds. The molecule has 0 aromatic rings. The van der Waals surface area contributed by atoms with E-state index in [1.807, 2.05) is 0 Å². The van der Waals surface area contributed by atoms with Crippen LogP contribution < -0.4 is 0 Å². The van der Waals surface area contributed by atoms with Gasteiger partial charge in [0.15, 0.2) is 0 Å². The van der Waals surface area contributed by atoms with E-state index in [9.17, 15) is 5.11 Å². The van der Waals surface area contributed by atoms with E-state index in [1.54, 1.807) is 0 Å². The minimum Gasteiger partial charge on any atom is -0.388 e. The summed E-state index contributed by atoms with van der Waals surface area (Å²) in [7, 11) is 0. The SMILES string of the molecule is C=C1C2C[C@@H]3[C@]4(C[C@H]5[C@@H]6[C@@]7(C)CCC[C@@]36[C@@H]([C@H]4C2)N5C7)[C@H]1O. The Kier molecular flexibility index (Phi) is 1.64. The molecule has 118 valence electrons. The molecule has 9 rings (SSSR count). The molecule has 0 aromatic heterocycles. The highest BCUT2D eigenvalue weighted by atomic mass is 16.3. The minimum atomic E-state index is -0.172. The molecule has 9 bridgehead atoms. The highest BCUT2D eigenvalue weighted by molar-refractivity contribution is 5.42. The Labute approximate surface area is 132 Å². The Morgan fingerprint density at radius 2 is 2.09 bits per heavy atom. The van der Waals surface area contributed by atoms with Gasteiger partial charge in [-0.3, -0.25) is 4.90 Å². The smallest absolute Gasteiger partial charge is 0.0813 e. The van der Waals surface area contributed by atoms with Crippen LogP contribution in [0, 0.1) is 39.9 Å². The lowest BCUT2D eigenvalue weighted by molar-refractivity contribution is -0.166. The summed E-state index contributed by atoms with van der Waals surface area (Å²) >= 11 is 0. The standard InChI is InChI=1S/C20H27NO/c1-10-11-6-12-16-19-5-3-4-18(2)9-21(16)13(15(18)19)8-20(12,17(10)22)14(19)7-11/h11-17,22H,1,3-9H2,2H3/t11?,12-,13+,14+,15-,16-,17+,18+,19-,20-/m1/s1. The van der Waals surface area contributed by atoms with Gasteiger partial charge in [0.05, 0.1) is 6.10 Å². The normalized spacial score (nSPS) is 75.1. The van der Waals surface area contributed by atoms with Crippen LogP contribution in [0.2, 0.25) is 0 Å². The Hall–Kier alpha value is -0.340. The van der Waals surface area contributed by atoms with Gasteiger partial charge in [-0.2, -0.15) is 0 Å². The van der Waals surface area contributed by atoms with E-state index >= 15 is 0 Å². The summed E-state index contributed by atoms with van der Waals surface area (Å²) in [6, 6.07) is 1.64. The van der Waals surface area contributed by atoms with Crippen LogP contribution >= 0.6 is 0 Å². The number of hydrogen-bond acceptors (Lipinski definition) is 2. The predicted octanol–water partition coefficient (Wildman–Crippen LogP) is 2.82. The third-order valence-corrected chi connectivity index (χ3v) is 10.3. The maximum atomic E-state index is 11.2. The van der Waals surface area contributed by atoms with Gasteiger partial charge in [0.25, 0.3) is 0 Å². The first-order valence-corrected chi connectivity index (χ1v) is 9.66. The molecule has 1 N–H and O–H groups in total. The third-order valence-electron chi connectivity index (χ3n) is 10.3. The van der Waals surface area contributed by atoms with Crippen molar-refractivity contribution in [3.05, 3.63) is 12.2 Å². The average Bonchev–Trinajstić information content (AvgIpc) is 2.90. The zero-order chi connectivity index (χ0) is 14.6. The van der Waals surface area contributed by atoms with Crippen molar-refractivity contribution < 1.29 is 5.11 Å². The molecule has 3 saturated heterocycles. The number of aliphatic hydroxyl groups is 1. The Morgan fingerprint density at radius 3 is 2.95 bits per heavy atom. The second-order valence-electron chi connectivity index (χ2n) is 10.4. The van der Waals surface area contributed by atoms with Gasteiger partial charge < -0.3 is 5.11 Å². The van der Waals surface area contributed by atoms with E-state index in [1.165, 1.54) is 50.6 Å². The largest absolute Gasteiger partial charge is 0.388 e. The number of hydrogen-bond donors (Lipinski definition) is 1. The molecular formula is C20H27NO. The van der Waals surface area contributed by atoms with Crippen molar-refractivity contribution in [3.63, 3.8) is 0 Å². The van der Waals surface area contributed by atoms with Crippen molar-refractivity contribution in [2.24, 2.45) is 39.9 Å². The summed E-state index contributed by atoms with van der Waals surface area (Å²) in [6.45, 7) is 8.32. The summed E-state index contributed by atoms with van der Waals surface area (Å²) in [6.07, 6.45) is 8.23. The zero-order valence-electron chi connectivity index (χ0n) is 13.6. The third kappa shape index (κ3) is 0.815. The summed E-state index contributed by atoms with van der Waals surface area (Å²) in [4.78, 5) is 2.98. The van der Waals surface area contributed by atoms with Gasteiger partial charge in [0.1, 0.15) is 0 Å². The monoisotopic (exact) mass is 297 g/mol. The van der Waals surface area contributed by atoms with Crippen molar-refractivity contribution in [2.45, 2.75) is 63.6 Å². The van der Waals surface area contributed by atoms with Crippen molar-refractivity contribution in [2.75, 3.05) is 6.54 Å². The number of piperidine rings is 2. The first-order valence-electron chi connectivity index (χ1n) is 9.66. The molecule has 6 saturated carbocycles. The second-order valence-corrected chi connectivity index (χ2v) is 10.4. The highest BCUT2D eigenvalue weighted by Crippen LogP contribution is 2.86. The van der Waals surface area contributed by atoms with Crippen LogP contribution in [0.25, 0.3) is 0 Å². The molecule has 9 aliphatic rings. The highest BCUT2D eigenvalue weighted by Gasteiger charge is 2.87. The van der Waals surface area contributed by atoms with Crippen molar-refractivity contribution in [1.82, 2.24) is 4.90 Å². The first-order chi connectivity index (χ1) is 10.5. The van der Waals surface area contributed by atoms with Crippen LogP contribution in [0.15, 0.2) is 12.2 Å². The van der Waals surface area contributed by atoms with Gasteiger partial charge in [-0.05, 0) is 72.2 Å². The van der Waals surface area contributed by atoms with Crippen LogP contribution in [0.4, 0.5) is 0 Å². The molecule has 0 aromatic carbocycles. The number of fused-ring (bicyclic) bond motifs is 1. The van der Waals surface area contributed by atoms with Crippen LogP contribution in [-0.4, -0.2) is 34.7 Å². The lowest BCUT2D eigenvalue weighted by Gasteiger charge is -2.64. The Morgan fingerprint density at radius 1 is 1.23 bits per heavy atom. The number of nitrogens with zero attached hydrogens (tertiary/aromatic N) is 1. The van der Waals surface area contributed by atoms with Gasteiger partial charge in [0.2, 0.25) is 0 Å². The predicted molar refractivity (Wildman–Crippen MR) is 84.1 cm³/mol. The van der Waals surface area contributed by atoms with Gasteiger partial charge >= 0.3 is 0 Å². The van der Waals surface area contributed by atoms with Crippen LogP contribution in [-0.2, 0) is 0 Å². The van der Waals surface area contributed by atoms with E-state index in [0.29, 0.717) is 16.7 Å². The van der Waals surface area contributed by atoms with Gasteiger partial charge in [-0.15, -0.1) is 0 Å². The van der Waals surface area contributed by atoms with Gasteiger partial charge in [-0.25, -0.2) is 0 Å². The lowest BCUT2D eigenvalue weighted by atomic mass is 9.40. The summed E-state index contributed by atoms with van der Waals surface area (Å²) < 4.78 is 0. The number of rotatable bonds is 0. The van der Waals surface area contributed by atoms with E-state index in [2.05, 4.69) is 18.4 Å². The lowest BCUT2D eigenvalue weighted by Crippen LogP contribution is -2.63. The molecule has 2 nitrogen and oxygen atoms in total. The van der Waals surface area contributed by atoms with Crippen molar-refractivity contribution in [3.8, 4) is 0 Å². The first kappa shape index (κ1) is 12.1. The Bertz CT molecular complexity index is 644. The van der Waals surface area contributed by atoms with Crippen molar-refractivity contribution in [1.29, 1.82) is 0 Å². The summed E-state index contributed by atoms with van der Waals surface area (Å²) in [5.74, 6) is 3.21. The van der Waals surface area contributed by atoms with E-state index < -0.39 is 0 Å². The summed E-state index contributed by atoms with van der Waals surface area (Å²) in [5, 5.41) is 11.2. The molecule has 6 aliphatic carbocycles. The van der Waals surface area contributed by atoms with Crippen LogP contribution in [0.1, 0.15) is 45.4 Å². The molecule has 0 radical (unpaired) electrons. The Balaban J connectivity index is 1.53. The maximum Gasteiger partial charge on any atom is 0.0813 e. The fourth-order valence-corrected chi connectivity index (χ4v) is 10.4. The molecule has 2 spiro atoms. The maximum absolute atomic E-state index is 11.2. The quantitative estimate of drug-likeness (QED) is 0.695. The van der Waals surface area contributed by atoms with E-state index in [0.717, 1.165) is 29.8 Å². The molecule has 2 heteroatoms. The molecular weight excluding hydrogens is 270 g/mol. The van der Waals surface area contributed by atoms with Gasteiger partial charge in [0, 0.05) is 24.0 Å². The molecule has 22 heavy (non-hydrogen) atoms. The zero-order valence-corrected chi connectivity index (χ0v) is 13.6. The van der Waals surface area contributed by atoms with Crippen LogP contribution in [0.3, 0.4) is 0 Å². The van der Waals surface area contributed by atoms with E-state index in [-0.39, 0.29) is 11.5 Å².